The molecule has 0 bridgehead atoms. The Morgan fingerprint density at radius 3 is 2.80 bits per heavy atom. The maximum atomic E-state index is 12.7. The first-order valence-electron chi connectivity index (χ1n) is 6.59. The van der Waals surface area contributed by atoms with E-state index in [4.69, 9.17) is 9.47 Å². The van der Waals surface area contributed by atoms with Gasteiger partial charge in [-0.15, -0.1) is 0 Å². The Morgan fingerprint density at radius 2 is 2.20 bits per heavy atom. The summed E-state index contributed by atoms with van der Waals surface area (Å²) >= 11 is 0. The third-order valence-electron chi connectivity index (χ3n) is 2.78. The van der Waals surface area contributed by atoms with Crippen LogP contribution in [0.5, 0.6) is 5.88 Å². The summed E-state index contributed by atoms with van der Waals surface area (Å²) in [6.07, 6.45) is 1.34. The molecular formula is C14H19FN2O3. The van der Waals surface area contributed by atoms with Gasteiger partial charge in [-0.3, -0.25) is 0 Å². The predicted molar refractivity (Wildman–Crippen MR) is 71.0 cm³/mol. The number of nitrogens with zero attached hydrogens (tertiary/aromatic N) is 2. The number of carbonyl (C=O) groups is 1. The molecule has 1 saturated heterocycles. The van der Waals surface area contributed by atoms with Crippen molar-refractivity contribution in [3.05, 3.63) is 24.1 Å². The van der Waals surface area contributed by atoms with E-state index in [1.807, 2.05) is 20.8 Å². The summed E-state index contributed by atoms with van der Waals surface area (Å²) < 4.78 is 23.7. The first-order chi connectivity index (χ1) is 9.33. The molecule has 0 aromatic carbocycles. The van der Waals surface area contributed by atoms with Gasteiger partial charge in [-0.2, -0.15) is 0 Å². The van der Waals surface area contributed by atoms with E-state index in [2.05, 4.69) is 4.98 Å². The van der Waals surface area contributed by atoms with Gasteiger partial charge in [0.2, 0.25) is 5.88 Å². The van der Waals surface area contributed by atoms with Crippen LogP contribution in [0.4, 0.5) is 9.18 Å². The lowest BCUT2D eigenvalue weighted by molar-refractivity contribution is 0.0275. The van der Waals surface area contributed by atoms with Crippen LogP contribution in [-0.2, 0) is 4.74 Å². The SMILES string of the molecule is CC(C)(C)OC(=O)N1CC[C@H](Oc2ccc(F)cn2)C1. The number of rotatable bonds is 2. The maximum absolute atomic E-state index is 12.7. The van der Waals surface area contributed by atoms with Crippen LogP contribution in [0.15, 0.2) is 18.3 Å². The monoisotopic (exact) mass is 282 g/mol. The number of halogens is 1. The summed E-state index contributed by atoms with van der Waals surface area (Å²) in [4.78, 5) is 17.3. The zero-order valence-electron chi connectivity index (χ0n) is 11.9. The largest absolute Gasteiger partial charge is 0.472 e. The molecule has 1 atom stereocenters. The third kappa shape index (κ3) is 4.08. The molecule has 1 aromatic heterocycles. The van der Waals surface area contributed by atoms with Crippen molar-refractivity contribution in [1.29, 1.82) is 0 Å². The van der Waals surface area contributed by atoms with E-state index >= 15 is 0 Å². The van der Waals surface area contributed by atoms with Crippen molar-refractivity contribution in [2.45, 2.75) is 38.9 Å². The van der Waals surface area contributed by atoms with Gasteiger partial charge < -0.3 is 14.4 Å². The van der Waals surface area contributed by atoms with Crippen molar-refractivity contribution < 1.29 is 18.7 Å². The van der Waals surface area contributed by atoms with Crippen LogP contribution < -0.4 is 4.74 Å². The molecule has 0 saturated carbocycles. The van der Waals surface area contributed by atoms with Crippen LogP contribution in [-0.4, -0.2) is 40.8 Å². The van der Waals surface area contributed by atoms with E-state index in [-0.39, 0.29) is 12.2 Å². The average molecular weight is 282 g/mol. The Hall–Kier alpha value is -1.85. The number of aromatic nitrogens is 1. The van der Waals surface area contributed by atoms with Gasteiger partial charge in [0, 0.05) is 19.0 Å². The molecule has 1 fully saturated rings. The zero-order valence-corrected chi connectivity index (χ0v) is 11.9. The molecule has 1 amide bonds. The van der Waals surface area contributed by atoms with Crippen molar-refractivity contribution in [1.82, 2.24) is 9.88 Å². The van der Waals surface area contributed by atoms with Gasteiger partial charge in [-0.25, -0.2) is 14.2 Å². The van der Waals surface area contributed by atoms with Gasteiger partial charge in [0.25, 0.3) is 0 Å². The number of carbonyl (C=O) groups excluding carboxylic acids is 1. The standard InChI is InChI=1S/C14H19FN2O3/c1-14(2,3)20-13(18)17-7-6-11(9-17)19-12-5-4-10(15)8-16-12/h4-5,8,11H,6-7,9H2,1-3H3/t11-/m0/s1. The molecule has 110 valence electrons. The number of pyridine rings is 1. The maximum Gasteiger partial charge on any atom is 0.410 e. The minimum Gasteiger partial charge on any atom is -0.472 e. The Morgan fingerprint density at radius 1 is 1.45 bits per heavy atom. The van der Waals surface area contributed by atoms with E-state index in [0.29, 0.717) is 25.4 Å². The third-order valence-corrected chi connectivity index (χ3v) is 2.78. The summed E-state index contributed by atoms with van der Waals surface area (Å²) in [6.45, 7) is 6.53. The fourth-order valence-corrected chi connectivity index (χ4v) is 1.92. The van der Waals surface area contributed by atoms with Gasteiger partial charge >= 0.3 is 6.09 Å². The normalized spacial score (nSPS) is 19.0. The molecule has 1 aliphatic heterocycles. The number of amides is 1. The summed E-state index contributed by atoms with van der Waals surface area (Å²) in [5.41, 5.74) is -0.505. The molecular weight excluding hydrogens is 263 g/mol. The Kier molecular flexibility index (Phi) is 4.11. The molecule has 5 nitrogen and oxygen atoms in total. The Labute approximate surface area is 117 Å². The summed E-state index contributed by atoms with van der Waals surface area (Å²) in [5, 5.41) is 0. The second-order valence-electron chi connectivity index (χ2n) is 5.77. The van der Waals surface area contributed by atoms with Gasteiger partial charge in [-0.1, -0.05) is 0 Å². The molecule has 0 N–H and O–H groups in total. The first-order valence-corrected chi connectivity index (χ1v) is 6.59. The van der Waals surface area contributed by atoms with Crippen LogP contribution in [0.2, 0.25) is 0 Å². The highest BCUT2D eigenvalue weighted by Crippen LogP contribution is 2.19. The smallest absolute Gasteiger partial charge is 0.410 e. The second-order valence-corrected chi connectivity index (χ2v) is 5.77. The van der Waals surface area contributed by atoms with Crippen molar-refractivity contribution in [3.8, 4) is 5.88 Å². The van der Waals surface area contributed by atoms with Crippen LogP contribution in [0, 0.1) is 5.82 Å². The van der Waals surface area contributed by atoms with Crippen molar-refractivity contribution in [3.63, 3.8) is 0 Å². The number of likely N-dealkylation sites (tertiary alicyclic amines) is 1. The quantitative estimate of drug-likeness (QED) is 0.836. The van der Waals surface area contributed by atoms with E-state index in [0.717, 1.165) is 6.20 Å². The van der Waals surface area contributed by atoms with E-state index in [9.17, 15) is 9.18 Å². The topological polar surface area (TPSA) is 51.7 Å². The lowest BCUT2D eigenvalue weighted by Gasteiger charge is -2.24. The fraction of sp³-hybridized carbons (Fsp3) is 0.571. The van der Waals surface area contributed by atoms with Crippen LogP contribution in [0.3, 0.4) is 0 Å². The van der Waals surface area contributed by atoms with Crippen LogP contribution in [0.1, 0.15) is 27.2 Å². The predicted octanol–water partition coefficient (Wildman–Crippen LogP) is 2.61. The first kappa shape index (κ1) is 14.6. The van der Waals surface area contributed by atoms with Gasteiger partial charge in [0.1, 0.15) is 17.5 Å². The molecule has 20 heavy (non-hydrogen) atoms. The molecule has 2 heterocycles. The molecule has 1 aliphatic rings. The number of hydrogen-bond donors (Lipinski definition) is 0. The highest BCUT2D eigenvalue weighted by atomic mass is 19.1. The highest BCUT2D eigenvalue weighted by Gasteiger charge is 2.30. The number of ether oxygens (including phenoxy) is 2. The molecule has 0 spiro atoms. The minimum atomic E-state index is -0.505. The lowest BCUT2D eigenvalue weighted by atomic mass is 10.2. The fourth-order valence-electron chi connectivity index (χ4n) is 1.92. The second kappa shape index (κ2) is 5.64. The van der Waals surface area contributed by atoms with Gasteiger partial charge in [0.05, 0.1) is 12.7 Å². The zero-order chi connectivity index (χ0) is 14.8. The van der Waals surface area contributed by atoms with E-state index in [1.54, 1.807) is 4.90 Å². The summed E-state index contributed by atoms with van der Waals surface area (Å²) in [6, 6.07) is 2.77. The average Bonchev–Trinajstić information content (AvgIpc) is 2.79. The highest BCUT2D eigenvalue weighted by molar-refractivity contribution is 5.68. The van der Waals surface area contributed by atoms with Gasteiger partial charge in [-0.05, 0) is 26.8 Å². The number of hydrogen-bond acceptors (Lipinski definition) is 4. The van der Waals surface area contributed by atoms with E-state index < -0.39 is 11.4 Å². The molecule has 2 rings (SSSR count). The molecule has 6 heteroatoms. The Balaban J connectivity index is 1.86. The molecule has 0 radical (unpaired) electrons. The molecule has 0 unspecified atom stereocenters. The van der Waals surface area contributed by atoms with Gasteiger partial charge in [0.15, 0.2) is 0 Å². The van der Waals surface area contributed by atoms with Crippen LogP contribution in [0.25, 0.3) is 0 Å². The van der Waals surface area contributed by atoms with Crippen molar-refractivity contribution in [2.24, 2.45) is 0 Å². The summed E-state index contributed by atoms with van der Waals surface area (Å²) in [7, 11) is 0. The van der Waals surface area contributed by atoms with Crippen LogP contribution >= 0.6 is 0 Å². The lowest BCUT2D eigenvalue weighted by Crippen LogP contribution is -2.36. The summed E-state index contributed by atoms with van der Waals surface area (Å²) in [5.74, 6) is -0.0402. The minimum absolute atomic E-state index is 0.138. The Bertz CT molecular complexity index is 470. The van der Waals surface area contributed by atoms with E-state index in [1.165, 1.54) is 12.1 Å². The van der Waals surface area contributed by atoms with Crippen molar-refractivity contribution >= 4 is 6.09 Å². The van der Waals surface area contributed by atoms with Crippen molar-refractivity contribution in [2.75, 3.05) is 13.1 Å². The molecule has 1 aromatic rings. The molecule has 0 aliphatic carbocycles.